The monoisotopic (exact) mass is 462 g/mol. The van der Waals surface area contributed by atoms with Gasteiger partial charge in [-0.15, -0.1) is 0 Å². The summed E-state index contributed by atoms with van der Waals surface area (Å²) in [5, 5.41) is 6.43. The van der Waals surface area contributed by atoms with Crippen LogP contribution in [0.4, 0.5) is 32.0 Å². The molecule has 1 N–H and O–H groups in total. The highest BCUT2D eigenvalue weighted by atomic mass is 32.1. The molecule has 3 rings (SSSR count). The molecule has 0 bridgehead atoms. The second kappa shape index (κ2) is 9.00. The molecule has 166 valence electrons. The lowest BCUT2D eigenvalue weighted by molar-refractivity contribution is -0.143. The lowest BCUT2D eigenvalue weighted by atomic mass is 9.98. The number of carbonyl (C=O) groups excluding carboxylic acids is 1. The van der Waals surface area contributed by atoms with Crippen molar-refractivity contribution in [2.24, 2.45) is 0 Å². The number of hydrogen-bond acceptors (Lipinski definition) is 3. The highest BCUT2D eigenvalue weighted by Crippen LogP contribution is 2.39. The molecule has 31 heavy (non-hydrogen) atoms. The van der Waals surface area contributed by atoms with E-state index in [9.17, 15) is 31.1 Å². The first-order valence-corrected chi connectivity index (χ1v) is 8.51. The van der Waals surface area contributed by atoms with Gasteiger partial charge in [0.25, 0.3) is 5.91 Å². The van der Waals surface area contributed by atoms with Crippen LogP contribution in [0.5, 0.6) is 0 Å². The standard InChI is InChI=1S/C19H14F6N4O.H2S/c1-11(14-6-5-12(18(20,21)22)8-15(14)19(23,24)25)29-10-13(9-27-29)28-17(30)16-4-2-3-7-26-16;/h2-11H,1H3,(H,28,30);1H2/t11-;/m0./s1. The minimum Gasteiger partial charge on any atom is -0.318 e. The summed E-state index contributed by atoms with van der Waals surface area (Å²) in [6.07, 6.45) is -5.98. The van der Waals surface area contributed by atoms with Gasteiger partial charge in [-0.05, 0) is 36.8 Å². The third-order valence-electron chi connectivity index (χ3n) is 4.29. The summed E-state index contributed by atoms with van der Waals surface area (Å²) in [6.45, 7) is 1.36. The first kappa shape index (κ1) is 24.3. The fraction of sp³-hybridized carbons (Fsp3) is 0.211. The SMILES string of the molecule is C[C@@H](c1ccc(C(F)(F)F)cc1C(F)(F)F)n1cc(NC(=O)c2ccccn2)cn1.S. The summed E-state index contributed by atoms with van der Waals surface area (Å²) < 4.78 is 79.8. The summed E-state index contributed by atoms with van der Waals surface area (Å²) in [7, 11) is 0. The maximum absolute atomic E-state index is 13.4. The average Bonchev–Trinajstić information content (AvgIpc) is 3.14. The fourth-order valence-electron chi connectivity index (χ4n) is 2.79. The minimum atomic E-state index is -4.99. The van der Waals surface area contributed by atoms with Crippen molar-refractivity contribution in [3.8, 4) is 0 Å². The number of halogens is 6. The second-order valence-corrected chi connectivity index (χ2v) is 6.35. The average molecular weight is 462 g/mol. The van der Waals surface area contributed by atoms with Crippen molar-refractivity contribution in [2.75, 3.05) is 5.32 Å². The molecule has 1 aromatic carbocycles. The lowest BCUT2D eigenvalue weighted by Crippen LogP contribution is -2.18. The Morgan fingerprint density at radius 3 is 2.35 bits per heavy atom. The molecule has 0 spiro atoms. The Morgan fingerprint density at radius 1 is 1.06 bits per heavy atom. The molecule has 1 atom stereocenters. The van der Waals surface area contributed by atoms with Crippen LogP contribution in [-0.2, 0) is 12.4 Å². The number of amides is 1. The van der Waals surface area contributed by atoms with Crippen LogP contribution in [0, 0.1) is 0 Å². The van der Waals surface area contributed by atoms with Crippen LogP contribution in [-0.4, -0.2) is 20.7 Å². The summed E-state index contributed by atoms with van der Waals surface area (Å²) >= 11 is 0. The van der Waals surface area contributed by atoms with Gasteiger partial charge in [0.15, 0.2) is 0 Å². The van der Waals surface area contributed by atoms with Crippen molar-refractivity contribution in [1.82, 2.24) is 14.8 Å². The van der Waals surface area contributed by atoms with Crippen molar-refractivity contribution >= 4 is 25.1 Å². The zero-order valence-corrected chi connectivity index (χ0v) is 16.8. The van der Waals surface area contributed by atoms with Crippen molar-refractivity contribution in [3.05, 3.63) is 77.4 Å². The Bertz CT molecular complexity index is 1050. The van der Waals surface area contributed by atoms with E-state index in [1.807, 2.05) is 0 Å². The molecule has 0 aliphatic rings. The largest absolute Gasteiger partial charge is 0.416 e. The van der Waals surface area contributed by atoms with Gasteiger partial charge in [0, 0.05) is 12.4 Å². The Morgan fingerprint density at radius 2 is 1.77 bits per heavy atom. The zero-order valence-electron chi connectivity index (χ0n) is 15.8. The van der Waals surface area contributed by atoms with E-state index in [1.165, 1.54) is 31.6 Å². The van der Waals surface area contributed by atoms with Gasteiger partial charge in [-0.1, -0.05) is 12.1 Å². The highest BCUT2D eigenvalue weighted by molar-refractivity contribution is 7.59. The van der Waals surface area contributed by atoms with Crippen LogP contribution in [0.2, 0.25) is 0 Å². The number of aromatic nitrogens is 3. The van der Waals surface area contributed by atoms with Gasteiger partial charge in [-0.3, -0.25) is 14.5 Å². The Balaban J connectivity index is 0.00000341. The minimum absolute atomic E-state index is 0. The van der Waals surface area contributed by atoms with Gasteiger partial charge >= 0.3 is 12.4 Å². The molecule has 12 heteroatoms. The highest BCUT2D eigenvalue weighted by Gasteiger charge is 2.39. The molecule has 1 amide bonds. The number of nitrogens with zero attached hydrogens (tertiary/aromatic N) is 3. The molecule has 0 aliphatic carbocycles. The van der Waals surface area contributed by atoms with Crippen molar-refractivity contribution in [2.45, 2.75) is 25.3 Å². The van der Waals surface area contributed by atoms with Gasteiger partial charge in [0.2, 0.25) is 0 Å². The Kier molecular flexibility index (Phi) is 7.04. The molecular weight excluding hydrogens is 446 g/mol. The topological polar surface area (TPSA) is 59.8 Å². The van der Waals surface area contributed by atoms with Crippen LogP contribution in [0.1, 0.15) is 40.1 Å². The van der Waals surface area contributed by atoms with E-state index < -0.39 is 35.4 Å². The maximum atomic E-state index is 13.4. The van der Waals surface area contributed by atoms with Crippen molar-refractivity contribution in [1.29, 1.82) is 0 Å². The van der Waals surface area contributed by atoms with Gasteiger partial charge in [-0.25, -0.2) is 0 Å². The van der Waals surface area contributed by atoms with E-state index >= 15 is 0 Å². The van der Waals surface area contributed by atoms with Crippen LogP contribution in [0.3, 0.4) is 0 Å². The molecule has 0 fully saturated rings. The molecule has 0 unspecified atom stereocenters. The summed E-state index contributed by atoms with van der Waals surface area (Å²) in [5.41, 5.74) is -2.87. The number of rotatable bonds is 4. The summed E-state index contributed by atoms with van der Waals surface area (Å²) in [6, 6.07) is 5.11. The third kappa shape index (κ3) is 5.57. The summed E-state index contributed by atoms with van der Waals surface area (Å²) in [4.78, 5) is 16.0. The fourth-order valence-corrected chi connectivity index (χ4v) is 2.79. The van der Waals surface area contributed by atoms with Crippen LogP contribution >= 0.6 is 13.5 Å². The summed E-state index contributed by atoms with van der Waals surface area (Å²) in [5.74, 6) is -0.548. The van der Waals surface area contributed by atoms with E-state index in [0.29, 0.717) is 6.07 Å². The number of pyridine rings is 1. The molecular formula is C19H16F6N4OS. The second-order valence-electron chi connectivity index (χ2n) is 6.35. The molecule has 0 saturated carbocycles. The molecule has 2 heterocycles. The predicted molar refractivity (Wildman–Crippen MR) is 105 cm³/mol. The number of nitrogens with one attached hydrogen (secondary N) is 1. The first-order valence-electron chi connectivity index (χ1n) is 8.51. The molecule has 5 nitrogen and oxygen atoms in total. The van der Waals surface area contributed by atoms with E-state index in [-0.39, 0.29) is 36.5 Å². The Hall–Kier alpha value is -3.02. The molecule has 0 saturated heterocycles. The smallest absolute Gasteiger partial charge is 0.318 e. The van der Waals surface area contributed by atoms with Gasteiger partial charge < -0.3 is 5.32 Å². The number of benzene rings is 1. The predicted octanol–water partition coefficient (Wildman–Crippen LogP) is 5.29. The van der Waals surface area contributed by atoms with E-state index in [0.717, 1.165) is 10.7 Å². The Labute approximate surface area is 179 Å². The molecule has 3 aromatic rings. The van der Waals surface area contributed by atoms with Crippen molar-refractivity contribution in [3.63, 3.8) is 0 Å². The zero-order chi connectivity index (χ0) is 22.1. The van der Waals surface area contributed by atoms with E-state index in [1.54, 1.807) is 12.1 Å². The van der Waals surface area contributed by atoms with Crippen LogP contribution < -0.4 is 5.32 Å². The van der Waals surface area contributed by atoms with E-state index in [2.05, 4.69) is 15.4 Å². The number of anilines is 1. The van der Waals surface area contributed by atoms with Crippen molar-refractivity contribution < 1.29 is 31.1 Å². The normalized spacial score (nSPS) is 12.7. The van der Waals surface area contributed by atoms with Gasteiger partial charge in [0.05, 0.1) is 29.1 Å². The number of hydrogen-bond donors (Lipinski definition) is 1. The van der Waals surface area contributed by atoms with Gasteiger partial charge in [0.1, 0.15) is 5.69 Å². The molecule has 0 radical (unpaired) electrons. The van der Waals surface area contributed by atoms with Gasteiger partial charge in [-0.2, -0.15) is 44.9 Å². The van der Waals surface area contributed by atoms with Crippen LogP contribution in [0.25, 0.3) is 0 Å². The lowest BCUT2D eigenvalue weighted by Gasteiger charge is -2.20. The third-order valence-corrected chi connectivity index (χ3v) is 4.29. The van der Waals surface area contributed by atoms with E-state index in [4.69, 9.17) is 0 Å². The quantitative estimate of drug-likeness (QED) is 0.536. The first-order chi connectivity index (χ1) is 14.0. The maximum Gasteiger partial charge on any atom is 0.416 e. The molecule has 2 aromatic heterocycles. The number of alkyl halides is 6. The molecule has 0 aliphatic heterocycles. The van der Waals surface area contributed by atoms with Crippen LogP contribution in [0.15, 0.2) is 55.0 Å². The number of carbonyl (C=O) groups is 1.